The number of nitrogens with one attached hydrogen (secondary N) is 5. The second-order valence-corrected chi connectivity index (χ2v) is 12.5. The Balaban J connectivity index is 0.000000107. The summed E-state index contributed by atoms with van der Waals surface area (Å²) < 4.78 is 2.08. The first-order chi connectivity index (χ1) is 29.8. The van der Waals surface area contributed by atoms with Crippen LogP contribution in [-0.2, 0) is 0 Å². The first kappa shape index (κ1) is 39.5. The Morgan fingerprint density at radius 1 is 0.450 bits per heavy atom. The minimum absolute atomic E-state index is 0.713. The molecule has 8 aromatic heterocycles. The highest BCUT2D eigenvalue weighted by atomic mass is 15.3. The van der Waals surface area contributed by atoms with Gasteiger partial charge in [-0.25, -0.2) is 24.9 Å². The van der Waals surface area contributed by atoms with E-state index in [0.717, 1.165) is 38.5 Å². The van der Waals surface area contributed by atoms with Gasteiger partial charge in [0, 0.05) is 35.7 Å². The van der Waals surface area contributed by atoms with Gasteiger partial charge in [-0.15, -0.1) is 0 Å². The summed E-state index contributed by atoms with van der Waals surface area (Å²) in [7, 11) is 0. The first-order valence-electron chi connectivity index (χ1n) is 18.8. The smallest absolute Gasteiger partial charge is 0.180 e. The van der Waals surface area contributed by atoms with Gasteiger partial charge in [-0.1, -0.05) is 97.1 Å². The Labute approximate surface area is 343 Å². The van der Waals surface area contributed by atoms with Crippen molar-refractivity contribution in [1.29, 1.82) is 0 Å². The summed E-state index contributed by atoms with van der Waals surface area (Å²) in [6.45, 7) is 0. The highest BCUT2D eigenvalue weighted by Crippen LogP contribution is 2.11. The van der Waals surface area contributed by atoms with Crippen LogP contribution in [0.1, 0.15) is 0 Å². The lowest BCUT2D eigenvalue weighted by Gasteiger charge is -1.92. The van der Waals surface area contributed by atoms with Crippen LogP contribution in [0.15, 0.2) is 214 Å². The van der Waals surface area contributed by atoms with E-state index in [2.05, 4.69) is 131 Å². The van der Waals surface area contributed by atoms with Gasteiger partial charge >= 0.3 is 0 Å². The highest BCUT2D eigenvalue weighted by Gasteiger charge is 1.93. The summed E-state index contributed by atoms with van der Waals surface area (Å²) in [4.78, 5) is 28.0. The number of H-pyrrole nitrogens is 5. The summed E-state index contributed by atoms with van der Waals surface area (Å²) in [5.41, 5.74) is 7.88. The zero-order valence-corrected chi connectivity index (χ0v) is 32.2. The van der Waals surface area contributed by atoms with E-state index in [1.54, 1.807) is 37.6 Å². The quantitative estimate of drug-likeness (QED) is 0.100. The molecule has 0 spiro atoms. The van der Waals surface area contributed by atoms with Crippen LogP contribution in [-0.4, -0.2) is 69.9 Å². The monoisotopic (exact) mass is 788 g/mol. The molecule has 0 aliphatic carbocycles. The molecule has 0 unspecified atom stereocenters. The van der Waals surface area contributed by atoms with E-state index in [1.165, 1.54) is 22.6 Å². The number of aromatic nitrogens is 14. The summed E-state index contributed by atoms with van der Waals surface area (Å²) >= 11 is 0. The second-order valence-electron chi connectivity index (χ2n) is 12.5. The molecule has 13 aromatic rings. The fourth-order valence-electron chi connectivity index (χ4n) is 5.57. The molecule has 0 atom stereocenters. The lowest BCUT2D eigenvalue weighted by atomic mass is 10.1. The van der Waals surface area contributed by atoms with Crippen molar-refractivity contribution in [1.82, 2.24) is 69.9 Å². The van der Waals surface area contributed by atoms with Crippen molar-refractivity contribution in [3.05, 3.63) is 214 Å². The third-order valence-electron chi connectivity index (χ3n) is 8.50. The number of benzene rings is 5. The molecule has 0 bridgehead atoms. The molecule has 14 nitrogen and oxygen atoms in total. The van der Waals surface area contributed by atoms with Crippen LogP contribution in [0.5, 0.6) is 0 Å². The number of imidazole rings is 3. The van der Waals surface area contributed by atoms with Crippen molar-refractivity contribution in [2.24, 2.45) is 0 Å². The van der Waals surface area contributed by atoms with Gasteiger partial charge in [0.15, 0.2) is 5.65 Å². The number of fused-ring (bicyclic) bond motifs is 6. The number of nitrogens with zero attached hydrogens (tertiary/aromatic N) is 9. The maximum absolute atomic E-state index is 4.06. The van der Waals surface area contributed by atoms with Gasteiger partial charge in [-0.05, 0) is 65.4 Å². The molecule has 14 heteroatoms. The summed E-state index contributed by atoms with van der Waals surface area (Å²) in [5.74, 6) is 0. The normalized spacial score (nSPS) is 10.0. The van der Waals surface area contributed by atoms with Gasteiger partial charge in [0.05, 0.1) is 47.9 Å². The molecule has 0 amide bonds. The lowest BCUT2D eigenvalue weighted by molar-refractivity contribution is 0.959. The Morgan fingerprint density at radius 3 is 1.68 bits per heavy atom. The number of rotatable bonds is 0. The number of aromatic amines is 5. The molecular weight excluding hydrogens is 749 g/mol. The summed E-state index contributed by atoms with van der Waals surface area (Å²) in [6.07, 6.45) is 17.4. The molecule has 5 N–H and O–H groups in total. The van der Waals surface area contributed by atoms with Gasteiger partial charge in [0.25, 0.3) is 0 Å². The zero-order chi connectivity index (χ0) is 40.9. The van der Waals surface area contributed by atoms with Crippen LogP contribution in [0.4, 0.5) is 0 Å². The number of hydrogen-bond donors (Lipinski definition) is 5. The van der Waals surface area contributed by atoms with Gasteiger partial charge in [0.1, 0.15) is 22.9 Å². The Morgan fingerprint density at radius 2 is 1.05 bits per heavy atom. The van der Waals surface area contributed by atoms with E-state index in [4.69, 9.17) is 0 Å². The Bertz CT molecular complexity index is 2540. The van der Waals surface area contributed by atoms with Crippen LogP contribution in [0.3, 0.4) is 0 Å². The predicted molar refractivity (Wildman–Crippen MR) is 238 cm³/mol. The molecule has 0 saturated carbocycles. The molecule has 294 valence electrons. The van der Waals surface area contributed by atoms with Gasteiger partial charge in [0.2, 0.25) is 0 Å². The summed E-state index contributed by atoms with van der Waals surface area (Å²) in [5, 5.41) is 20.8. The van der Waals surface area contributed by atoms with Crippen LogP contribution in [0.25, 0.3) is 60.4 Å². The van der Waals surface area contributed by atoms with Crippen molar-refractivity contribution in [3.63, 3.8) is 0 Å². The maximum atomic E-state index is 4.06. The highest BCUT2D eigenvalue weighted by molar-refractivity contribution is 5.82. The van der Waals surface area contributed by atoms with Crippen LogP contribution in [0, 0.1) is 0 Å². The average Bonchev–Trinajstić information content (AvgIpc) is 4.19. The van der Waals surface area contributed by atoms with Gasteiger partial charge in [-0.2, -0.15) is 20.5 Å². The summed E-state index contributed by atoms with van der Waals surface area (Å²) in [6, 6.07) is 50.6. The van der Waals surface area contributed by atoms with E-state index in [0.29, 0.717) is 5.65 Å². The molecule has 0 aliphatic rings. The topological polar surface area (TPSA) is 186 Å². The van der Waals surface area contributed by atoms with E-state index < -0.39 is 0 Å². The van der Waals surface area contributed by atoms with Crippen LogP contribution >= 0.6 is 0 Å². The fraction of sp³-hybridized carbons (Fsp3) is 0. The maximum Gasteiger partial charge on any atom is 0.180 e. The average molecular weight is 789 g/mol. The molecule has 8 heterocycles. The van der Waals surface area contributed by atoms with Crippen molar-refractivity contribution in [2.45, 2.75) is 0 Å². The van der Waals surface area contributed by atoms with Crippen LogP contribution < -0.4 is 0 Å². The second kappa shape index (κ2) is 21.5. The molecule has 60 heavy (non-hydrogen) atoms. The van der Waals surface area contributed by atoms with Crippen molar-refractivity contribution >= 4 is 60.4 Å². The van der Waals surface area contributed by atoms with E-state index in [1.807, 2.05) is 110 Å². The largest absolute Gasteiger partial charge is 0.351 e. The van der Waals surface area contributed by atoms with E-state index in [-0.39, 0.29) is 0 Å². The molecule has 13 rings (SSSR count). The van der Waals surface area contributed by atoms with Crippen molar-refractivity contribution in [3.8, 4) is 0 Å². The SMILES string of the molecule is c1c[nH]cn1.c1ccc2[nH]cnc2c1.c1ccc2[nH]ncc2c1.c1ccc2ccccc2c1.c1ccc2n[nH]nc2c1.c1ccn2cccc2c1.c1ncc2[nH]cnc2n1. The Kier molecular flexibility index (Phi) is 14.1. The number of pyridine rings is 1. The Hall–Kier alpha value is -8.78. The van der Waals surface area contributed by atoms with Crippen molar-refractivity contribution < 1.29 is 0 Å². The lowest BCUT2D eigenvalue weighted by Crippen LogP contribution is -1.76. The number of para-hydroxylation sites is 5. The fourth-order valence-corrected chi connectivity index (χ4v) is 5.57. The molecule has 0 radical (unpaired) electrons. The van der Waals surface area contributed by atoms with Crippen LogP contribution in [0.2, 0.25) is 0 Å². The molecule has 0 saturated heterocycles. The first-order valence-corrected chi connectivity index (χ1v) is 18.8. The molecule has 5 aromatic carbocycles. The van der Waals surface area contributed by atoms with Gasteiger partial charge < -0.3 is 19.4 Å². The third kappa shape index (κ3) is 11.6. The zero-order valence-electron chi connectivity index (χ0n) is 32.2. The standard InChI is InChI=1S/C10H8.C8H7N.2C7H6N2.C6H5N3.C5H4N4.C3H4N2/c1-2-6-10-8-4-3-7-9(10)5-1;1-2-6-9-7-3-5-8(9)4-1;1-2-4-7-6(3-1)8-5-9-7;1-2-4-7-6(3-1)5-8-9-7;1-2-4-6-5(3-1)7-9-8-6;1-4-5(8-2-6-1)9-3-7-4;1-2-5-3-4-1/h1-8H;1-7H;2*1-5H,(H,8,9);1-4H,(H,7,8,9);1-3H,(H,6,7,8,9);1-3H,(H,4,5). The molecular formula is C46H40N14. The third-order valence-corrected chi connectivity index (χ3v) is 8.50. The van der Waals surface area contributed by atoms with E-state index in [9.17, 15) is 0 Å². The van der Waals surface area contributed by atoms with Crippen molar-refractivity contribution in [2.75, 3.05) is 0 Å². The minimum Gasteiger partial charge on any atom is -0.351 e. The molecule has 0 fully saturated rings. The predicted octanol–water partition coefficient (Wildman–Crippen LogP) is 9.63. The number of hydrogen-bond acceptors (Lipinski definition) is 8. The van der Waals surface area contributed by atoms with Gasteiger partial charge in [-0.3, -0.25) is 5.10 Å². The van der Waals surface area contributed by atoms with E-state index >= 15 is 0 Å². The molecule has 0 aliphatic heterocycles. The minimum atomic E-state index is 0.713.